The molecule has 0 spiro atoms. The fraction of sp³-hybridized carbons (Fsp3) is 0.250. The number of carbonyl (C=O) groups is 2. The molecule has 0 aliphatic heterocycles. The van der Waals surface area contributed by atoms with Gasteiger partial charge in [-0.05, 0) is 29.7 Å². The minimum Gasteiger partial charge on any atom is -0.469 e. The Bertz CT molecular complexity index is 801. The van der Waals surface area contributed by atoms with Gasteiger partial charge in [0.25, 0.3) is 5.91 Å². The fourth-order valence-electron chi connectivity index (χ4n) is 2.47. The largest absolute Gasteiger partial charge is 0.469 e. The van der Waals surface area contributed by atoms with Crippen molar-refractivity contribution in [2.45, 2.75) is 18.9 Å². The third-order valence-electron chi connectivity index (χ3n) is 4.12. The third kappa shape index (κ3) is 5.93. The van der Waals surface area contributed by atoms with E-state index in [1.54, 1.807) is 36.4 Å². The molecule has 1 unspecified atom stereocenters. The van der Waals surface area contributed by atoms with Crippen molar-refractivity contribution < 1.29 is 19.4 Å². The molecule has 0 bridgehead atoms. The van der Waals surface area contributed by atoms with Crippen LogP contribution in [0.5, 0.6) is 0 Å². The van der Waals surface area contributed by atoms with Gasteiger partial charge >= 0.3 is 5.97 Å². The van der Waals surface area contributed by atoms with E-state index in [1.807, 2.05) is 12.1 Å². The van der Waals surface area contributed by atoms with Gasteiger partial charge in [-0.3, -0.25) is 15.0 Å². The van der Waals surface area contributed by atoms with E-state index in [-0.39, 0.29) is 24.3 Å². The van der Waals surface area contributed by atoms with E-state index in [4.69, 9.17) is 11.1 Å². The van der Waals surface area contributed by atoms with Gasteiger partial charge in [-0.25, -0.2) is 0 Å². The van der Waals surface area contributed by atoms with Crippen molar-refractivity contribution in [1.82, 2.24) is 5.32 Å². The predicted molar refractivity (Wildman–Crippen MR) is 102 cm³/mol. The number of amides is 1. The molecule has 0 saturated heterocycles. The third-order valence-corrected chi connectivity index (χ3v) is 4.12. The number of benzene rings is 2. The molecule has 2 aromatic rings. The average molecular weight is 369 g/mol. The lowest BCUT2D eigenvalue weighted by atomic mass is 10.0. The minimum atomic E-state index is -0.847. The standard InChI is InChI=1S/C20H23N3O4/c1-27-18(25)11-4-13-2-5-14(6-3-13)17(24)12-23-20(26)16-9-7-15(8-10-16)19(21)22/h2-3,5-10,17,24H,4,11-12H2,1H3,(H3,21,22)(H,23,26). The van der Waals surface area contributed by atoms with Crippen molar-refractivity contribution in [2.75, 3.05) is 13.7 Å². The number of esters is 1. The normalized spacial score (nSPS) is 11.5. The van der Waals surface area contributed by atoms with E-state index in [0.717, 1.165) is 5.56 Å². The Morgan fingerprint density at radius 3 is 2.26 bits per heavy atom. The molecule has 5 N–H and O–H groups in total. The Hall–Kier alpha value is -3.19. The van der Waals surface area contributed by atoms with Crippen molar-refractivity contribution in [3.05, 3.63) is 70.8 Å². The first kappa shape index (κ1) is 20.1. The molecule has 0 saturated carbocycles. The average Bonchev–Trinajstić information content (AvgIpc) is 2.70. The Labute approximate surface area is 157 Å². The first-order valence-corrected chi connectivity index (χ1v) is 8.47. The highest BCUT2D eigenvalue weighted by Gasteiger charge is 2.11. The fourth-order valence-corrected chi connectivity index (χ4v) is 2.47. The summed E-state index contributed by atoms with van der Waals surface area (Å²) in [6.45, 7) is 0.0643. The van der Waals surface area contributed by atoms with Crippen LogP contribution in [0, 0.1) is 5.41 Å². The molecular weight excluding hydrogens is 346 g/mol. The highest BCUT2D eigenvalue weighted by Crippen LogP contribution is 2.14. The van der Waals surface area contributed by atoms with E-state index >= 15 is 0 Å². The summed E-state index contributed by atoms with van der Waals surface area (Å²) in [6.07, 6.45) is 0.0208. The van der Waals surface area contributed by atoms with Crippen LogP contribution in [-0.4, -0.2) is 36.5 Å². The molecule has 2 aromatic carbocycles. The molecule has 0 aromatic heterocycles. The van der Waals surface area contributed by atoms with Crippen LogP contribution in [0.1, 0.15) is 39.6 Å². The van der Waals surface area contributed by atoms with Crippen molar-refractivity contribution in [3.8, 4) is 0 Å². The van der Waals surface area contributed by atoms with Crippen LogP contribution in [0.4, 0.5) is 0 Å². The summed E-state index contributed by atoms with van der Waals surface area (Å²) in [4.78, 5) is 23.3. The molecule has 0 radical (unpaired) electrons. The van der Waals surface area contributed by atoms with Gasteiger partial charge < -0.3 is 20.9 Å². The number of methoxy groups -OCH3 is 1. The number of nitrogens with two attached hydrogens (primary N) is 1. The van der Waals surface area contributed by atoms with Gasteiger partial charge in [0.1, 0.15) is 5.84 Å². The first-order chi connectivity index (χ1) is 12.9. The summed E-state index contributed by atoms with van der Waals surface area (Å²) in [5.74, 6) is -0.649. The lowest BCUT2D eigenvalue weighted by Gasteiger charge is -2.13. The summed E-state index contributed by atoms with van der Waals surface area (Å²) in [5.41, 5.74) is 7.98. The maximum Gasteiger partial charge on any atom is 0.305 e. The zero-order valence-corrected chi connectivity index (χ0v) is 15.1. The number of nitrogen functional groups attached to an aromatic ring is 1. The Morgan fingerprint density at radius 2 is 1.70 bits per heavy atom. The molecule has 0 heterocycles. The Balaban J connectivity index is 1.87. The van der Waals surface area contributed by atoms with E-state index in [2.05, 4.69) is 10.1 Å². The summed E-state index contributed by atoms with van der Waals surface area (Å²) >= 11 is 0. The van der Waals surface area contributed by atoms with Crippen LogP contribution in [0.15, 0.2) is 48.5 Å². The van der Waals surface area contributed by atoms with Crippen LogP contribution in [0.25, 0.3) is 0 Å². The van der Waals surface area contributed by atoms with E-state index in [9.17, 15) is 14.7 Å². The summed E-state index contributed by atoms with van der Waals surface area (Å²) in [6, 6.07) is 13.6. The van der Waals surface area contributed by atoms with Crippen LogP contribution in [0.2, 0.25) is 0 Å². The van der Waals surface area contributed by atoms with Gasteiger partial charge in [0.15, 0.2) is 0 Å². The van der Waals surface area contributed by atoms with Gasteiger partial charge in [-0.1, -0.05) is 36.4 Å². The van der Waals surface area contributed by atoms with Crippen molar-refractivity contribution >= 4 is 17.7 Å². The SMILES string of the molecule is COC(=O)CCc1ccc(C(O)CNC(=O)c2ccc(C(=N)N)cc2)cc1. The van der Waals surface area contributed by atoms with Gasteiger partial charge in [0.05, 0.1) is 13.2 Å². The van der Waals surface area contributed by atoms with Gasteiger partial charge in [-0.15, -0.1) is 0 Å². The quantitative estimate of drug-likeness (QED) is 0.319. The maximum atomic E-state index is 12.1. The highest BCUT2D eigenvalue weighted by molar-refractivity contribution is 5.98. The molecule has 2 rings (SSSR count). The molecule has 1 atom stereocenters. The van der Waals surface area contributed by atoms with Gasteiger partial charge in [-0.2, -0.15) is 0 Å². The molecule has 142 valence electrons. The summed E-state index contributed by atoms with van der Waals surface area (Å²) in [7, 11) is 1.35. The number of aliphatic hydroxyl groups excluding tert-OH is 1. The van der Waals surface area contributed by atoms with Gasteiger partial charge in [0.2, 0.25) is 0 Å². The maximum absolute atomic E-state index is 12.1. The lowest BCUT2D eigenvalue weighted by Crippen LogP contribution is -2.28. The number of ether oxygens (including phenoxy) is 1. The van der Waals surface area contributed by atoms with Crippen LogP contribution < -0.4 is 11.1 Å². The molecule has 0 fully saturated rings. The number of hydrogen-bond acceptors (Lipinski definition) is 5. The number of amidine groups is 1. The van der Waals surface area contributed by atoms with Crippen molar-refractivity contribution in [3.63, 3.8) is 0 Å². The number of rotatable bonds is 8. The monoisotopic (exact) mass is 369 g/mol. The van der Waals surface area contributed by atoms with E-state index in [0.29, 0.717) is 29.5 Å². The summed E-state index contributed by atoms with van der Waals surface area (Å²) in [5, 5.41) is 20.3. The lowest BCUT2D eigenvalue weighted by molar-refractivity contribution is -0.140. The van der Waals surface area contributed by atoms with Crippen molar-refractivity contribution in [2.24, 2.45) is 5.73 Å². The topological polar surface area (TPSA) is 125 Å². The number of aryl methyl sites for hydroxylation is 1. The van der Waals surface area contributed by atoms with E-state index < -0.39 is 6.10 Å². The van der Waals surface area contributed by atoms with Crippen molar-refractivity contribution in [1.29, 1.82) is 5.41 Å². The number of aliphatic hydroxyl groups is 1. The minimum absolute atomic E-state index is 0.0626. The molecule has 27 heavy (non-hydrogen) atoms. The van der Waals surface area contributed by atoms with E-state index in [1.165, 1.54) is 7.11 Å². The van der Waals surface area contributed by atoms with Crippen LogP contribution in [0.3, 0.4) is 0 Å². The smallest absolute Gasteiger partial charge is 0.305 e. The molecular formula is C20H23N3O4. The second-order valence-corrected chi connectivity index (χ2v) is 6.03. The second kappa shape index (κ2) is 9.49. The predicted octanol–water partition coefficient (Wildman–Crippen LogP) is 1.54. The Kier molecular flexibility index (Phi) is 7.08. The molecule has 1 amide bonds. The Morgan fingerprint density at radius 1 is 1.11 bits per heavy atom. The molecule has 0 aliphatic carbocycles. The number of carbonyl (C=O) groups excluding carboxylic acids is 2. The zero-order valence-electron chi connectivity index (χ0n) is 15.1. The highest BCUT2D eigenvalue weighted by atomic mass is 16.5. The number of nitrogens with one attached hydrogen (secondary N) is 2. The molecule has 7 nitrogen and oxygen atoms in total. The summed E-state index contributed by atoms with van der Waals surface area (Å²) < 4.78 is 4.61. The first-order valence-electron chi connectivity index (χ1n) is 8.47. The zero-order chi connectivity index (χ0) is 19.8. The van der Waals surface area contributed by atoms with Gasteiger partial charge in [0, 0.05) is 24.1 Å². The molecule has 0 aliphatic rings. The molecule has 7 heteroatoms. The number of hydrogen-bond donors (Lipinski definition) is 4. The van der Waals surface area contributed by atoms with Crippen LogP contribution in [-0.2, 0) is 16.0 Å². The second-order valence-electron chi connectivity index (χ2n) is 6.03. The van der Waals surface area contributed by atoms with Crippen LogP contribution >= 0.6 is 0 Å².